The molecule has 0 radical (unpaired) electrons. The minimum atomic E-state index is -0.963. The Morgan fingerprint density at radius 1 is 1.12 bits per heavy atom. The number of nitrogens with one attached hydrogen (secondary N) is 4. The first-order chi connectivity index (χ1) is 19.2. The van der Waals surface area contributed by atoms with Crippen LogP contribution in [0.2, 0.25) is 0 Å². The smallest absolute Gasteiger partial charge is 0.142 e. The number of aryl methyl sites for hydroxylation is 1. The summed E-state index contributed by atoms with van der Waals surface area (Å²) in [6.45, 7) is 8.41. The second kappa shape index (κ2) is 11.6. The molecule has 8 N–H and O–H groups in total. The molecule has 0 spiro atoms. The molecular formula is C29H50N8O3. The Morgan fingerprint density at radius 2 is 1.93 bits per heavy atom. The average Bonchev–Trinajstić information content (AvgIpc) is 3.57. The molecule has 0 bridgehead atoms. The monoisotopic (exact) mass is 558 g/mol. The van der Waals surface area contributed by atoms with E-state index in [1.165, 1.54) is 36.2 Å². The van der Waals surface area contributed by atoms with E-state index in [0.717, 1.165) is 12.8 Å². The van der Waals surface area contributed by atoms with Crippen LogP contribution in [0.5, 0.6) is 0 Å². The third-order valence-corrected chi connectivity index (χ3v) is 10.1. The molecule has 11 heteroatoms. The molecule has 4 fully saturated rings. The zero-order chi connectivity index (χ0) is 28.1. The van der Waals surface area contributed by atoms with Crippen LogP contribution in [0.15, 0.2) is 18.2 Å². The molecule has 4 aliphatic heterocycles. The van der Waals surface area contributed by atoms with E-state index in [0.29, 0.717) is 44.0 Å². The summed E-state index contributed by atoms with van der Waals surface area (Å²) in [6, 6.07) is 7.61. The Balaban J connectivity index is 1.000. The van der Waals surface area contributed by atoms with Crippen LogP contribution in [0.25, 0.3) is 0 Å². The quantitative estimate of drug-likeness (QED) is 0.223. The number of nitrogens with zero attached hydrogens (tertiary/aromatic N) is 3. The van der Waals surface area contributed by atoms with E-state index in [2.05, 4.69) is 82.0 Å². The summed E-state index contributed by atoms with van der Waals surface area (Å²) >= 11 is 0. The predicted molar refractivity (Wildman–Crippen MR) is 156 cm³/mol. The van der Waals surface area contributed by atoms with Crippen LogP contribution >= 0.6 is 0 Å². The van der Waals surface area contributed by atoms with E-state index >= 15 is 0 Å². The van der Waals surface area contributed by atoms with Gasteiger partial charge in [0.1, 0.15) is 24.5 Å². The van der Waals surface area contributed by atoms with Crippen molar-refractivity contribution in [2.75, 3.05) is 37.1 Å². The van der Waals surface area contributed by atoms with Gasteiger partial charge in [-0.05, 0) is 69.6 Å². The highest BCUT2D eigenvalue weighted by Gasteiger charge is 2.52. The van der Waals surface area contributed by atoms with Gasteiger partial charge in [0.15, 0.2) is 0 Å². The molecule has 6 rings (SSSR count). The highest BCUT2D eigenvalue weighted by molar-refractivity contribution is 5.76. The van der Waals surface area contributed by atoms with Gasteiger partial charge in [-0.2, -0.15) is 0 Å². The summed E-state index contributed by atoms with van der Waals surface area (Å²) in [5.74, 6) is 0.715. The first-order valence-corrected chi connectivity index (χ1v) is 15.4. The maximum atomic E-state index is 11.0. The van der Waals surface area contributed by atoms with Crippen molar-refractivity contribution >= 4 is 11.4 Å². The first kappa shape index (κ1) is 28.6. The number of rotatable bonds is 9. The number of nitrogens with two attached hydrogens (primary N) is 1. The van der Waals surface area contributed by atoms with Crippen LogP contribution in [0.4, 0.5) is 11.4 Å². The normalized spacial score (nSPS) is 39.5. The van der Waals surface area contributed by atoms with Gasteiger partial charge in [-0.1, -0.05) is 13.0 Å². The van der Waals surface area contributed by atoms with Crippen molar-refractivity contribution in [3.8, 4) is 0 Å². The summed E-state index contributed by atoms with van der Waals surface area (Å²) in [4.78, 5) is 6.94. The van der Waals surface area contributed by atoms with Crippen molar-refractivity contribution in [1.29, 1.82) is 0 Å². The molecule has 1 aliphatic carbocycles. The summed E-state index contributed by atoms with van der Waals surface area (Å²) in [5.41, 5.74) is 10.2. The molecule has 1 aromatic rings. The molecule has 40 heavy (non-hydrogen) atoms. The minimum absolute atomic E-state index is 0.0158. The van der Waals surface area contributed by atoms with Crippen LogP contribution in [-0.4, -0.2) is 108 Å². The first-order valence-electron chi connectivity index (χ1n) is 15.4. The molecule has 0 aromatic heterocycles. The largest absolute Gasteiger partial charge is 0.387 e. The summed E-state index contributed by atoms with van der Waals surface area (Å²) in [6.07, 6.45) is 2.98. The topological polar surface area (TPSA) is 134 Å². The lowest BCUT2D eigenvalue weighted by molar-refractivity contribution is -0.112. The molecule has 1 aromatic carbocycles. The van der Waals surface area contributed by atoms with Crippen LogP contribution < -0.4 is 31.9 Å². The van der Waals surface area contributed by atoms with Gasteiger partial charge in [-0.25, -0.2) is 4.90 Å². The Hall–Kier alpha value is -1.54. The van der Waals surface area contributed by atoms with E-state index in [1.54, 1.807) is 0 Å². The van der Waals surface area contributed by atoms with Gasteiger partial charge in [0, 0.05) is 32.3 Å². The predicted octanol–water partition coefficient (Wildman–Crippen LogP) is 0.145. The zero-order valence-electron chi connectivity index (χ0n) is 24.5. The van der Waals surface area contributed by atoms with Crippen LogP contribution in [-0.2, 0) is 11.2 Å². The maximum Gasteiger partial charge on any atom is 0.142 e. The number of aliphatic hydroxyl groups is 2. The maximum absolute atomic E-state index is 11.0. The number of anilines is 2. The number of ether oxygens (including phenoxy) is 1. The fraction of sp³-hybridized carbons (Fsp3) is 0.793. The number of benzene rings is 1. The van der Waals surface area contributed by atoms with E-state index in [-0.39, 0.29) is 18.4 Å². The highest BCUT2D eigenvalue weighted by Crippen LogP contribution is 2.40. The Labute approximate surface area is 238 Å². The molecule has 0 amide bonds. The minimum Gasteiger partial charge on any atom is -0.387 e. The van der Waals surface area contributed by atoms with Crippen LogP contribution in [0.3, 0.4) is 0 Å². The molecule has 1 saturated carbocycles. The van der Waals surface area contributed by atoms with Crippen molar-refractivity contribution in [2.24, 2.45) is 11.7 Å². The highest BCUT2D eigenvalue weighted by atomic mass is 16.6. The molecule has 3 saturated heterocycles. The molecule has 4 unspecified atom stereocenters. The molecular weight excluding hydrogens is 508 g/mol. The molecule has 11 nitrogen and oxygen atoms in total. The fourth-order valence-corrected chi connectivity index (χ4v) is 7.52. The second-order valence-electron chi connectivity index (χ2n) is 12.8. The third-order valence-electron chi connectivity index (χ3n) is 10.1. The summed E-state index contributed by atoms with van der Waals surface area (Å²) in [5, 5.41) is 35.8. The molecule has 8 atom stereocenters. The standard InChI is InChI=1S/C29H50N8O3/c1-5-17-6-8-20-21(12-17)35(4)23(34-20)9-7-18-10-19(11-18)36(16(2)3)13-22-25(38)26(39)29(40-22)37-15-33-24-27(30)31-14-32-28(24)37/h6,8,12,16,18-19,22-29,31-34,38-39H,5,7,9-11,13-15,30H2,1-4H3/t18?,19?,22-,23?,24?,25-,26-,27?,28?,29-/m1/s1. The molecule has 224 valence electrons. The van der Waals surface area contributed by atoms with Crippen molar-refractivity contribution in [1.82, 2.24) is 25.8 Å². The van der Waals surface area contributed by atoms with Gasteiger partial charge < -0.3 is 30.9 Å². The summed E-state index contributed by atoms with van der Waals surface area (Å²) < 4.78 is 6.38. The van der Waals surface area contributed by atoms with E-state index in [1.807, 2.05) is 0 Å². The number of hydrogen-bond acceptors (Lipinski definition) is 11. The zero-order valence-corrected chi connectivity index (χ0v) is 24.5. The number of aliphatic hydroxyl groups excluding tert-OH is 2. The van der Waals surface area contributed by atoms with Crippen molar-refractivity contribution < 1.29 is 14.9 Å². The fourth-order valence-electron chi connectivity index (χ4n) is 7.52. The lowest BCUT2D eigenvalue weighted by Gasteiger charge is -2.46. The van der Waals surface area contributed by atoms with Crippen LogP contribution in [0, 0.1) is 5.92 Å². The Kier molecular flexibility index (Phi) is 8.30. The van der Waals surface area contributed by atoms with Gasteiger partial charge in [-0.3, -0.25) is 20.9 Å². The average molecular weight is 559 g/mol. The van der Waals surface area contributed by atoms with Crippen molar-refractivity contribution in [2.45, 2.75) is 114 Å². The molecule has 4 heterocycles. The van der Waals surface area contributed by atoms with E-state index in [4.69, 9.17) is 10.5 Å². The van der Waals surface area contributed by atoms with Crippen LogP contribution in [0.1, 0.15) is 52.0 Å². The van der Waals surface area contributed by atoms with E-state index < -0.39 is 24.5 Å². The lowest BCUT2D eigenvalue weighted by Crippen LogP contribution is -2.68. The van der Waals surface area contributed by atoms with Crippen molar-refractivity contribution in [3.05, 3.63) is 23.8 Å². The Bertz CT molecular complexity index is 1020. The van der Waals surface area contributed by atoms with Gasteiger partial charge in [-0.15, -0.1) is 0 Å². The van der Waals surface area contributed by atoms with Gasteiger partial charge in [0.2, 0.25) is 0 Å². The van der Waals surface area contributed by atoms with Gasteiger partial charge in [0.05, 0.1) is 42.6 Å². The number of hydrogen-bond donors (Lipinski definition) is 7. The van der Waals surface area contributed by atoms with Gasteiger partial charge >= 0.3 is 0 Å². The lowest BCUT2D eigenvalue weighted by atomic mass is 9.76. The SMILES string of the molecule is CCc1ccc2c(c1)N(C)C(CCC1CC(N(C[C@H]3O[C@@H](N4CNC5C(N)NCNC54)[C@H](O)[C@@H]3O)C(C)C)C1)N2. The van der Waals surface area contributed by atoms with Crippen molar-refractivity contribution in [3.63, 3.8) is 0 Å². The van der Waals surface area contributed by atoms with Gasteiger partial charge in [0.25, 0.3) is 0 Å². The third kappa shape index (κ3) is 5.25. The van der Waals surface area contributed by atoms with E-state index in [9.17, 15) is 10.2 Å². The summed E-state index contributed by atoms with van der Waals surface area (Å²) in [7, 11) is 2.20. The Morgan fingerprint density at radius 3 is 2.67 bits per heavy atom. The second-order valence-corrected chi connectivity index (χ2v) is 12.8. The number of fused-ring (bicyclic) bond motifs is 2. The molecule has 5 aliphatic rings.